The van der Waals surface area contributed by atoms with Crippen LogP contribution in [-0.4, -0.2) is 23.1 Å². The number of anilines is 2. The van der Waals surface area contributed by atoms with Crippen LogP contribution in [0.15, 0.2) is 35.2 Å². The van der Waals surface area contributed by atoms with E-state index in [1.54, 1.807) is 30.5 Å². The normalized spacial score (nSPS) is 15.3. The van der Waals surface area contributed by atoms with E-state index in [0.29, 0.717) is 5.69 Å². The van der Waals surface area contributed by atoms with Gasteiger partial charge in [0.15, 0.2) is 0 Å². The minimum atomic E-state index is -0.932. The van der Waals surface area contributed by atoms with Crippen molar-refractivity contribution in [2.75, 3.05) is 16.0 Å². The summed E-state index contributed by atoms with van der Waals surface area (Å²) in [5.74, 6) is 0.0545. The number of amides is 2. The van der Waals surface area contributed by atoms with Crippen LogP contribution in [0.1, 0.15) is 36.1 Å². The molecule has 4 nitrogen and oxygen atoms in total. The summed E-state index contributed by atoms with van der Waals surface area (Å²) in [6.45, 7) is 12.0. The molecule has 27 heavy (non-hydrogen) atoms. The number of nitrogens with one attached hydrogen (secondary N) is 1. The Kier molecular flexibility index (Phi) is 5.08. The number of rotatable bonds is 3. The quantitative estimate of drug-likeness (QED) is 0.778. The molecule has 2 aromatic carbocycles. The first-order valence-electron chi connectivity index (χ1n) is 9.08. The van der Waals surface area contributed by atoms with Gasteiger partial charge in [-0.1, -0.05) is 18.2 Å². The van der Waals surface area contributed by atoms with E-state index in [4.69, 9.17) is 0 Å². The summed E-state index contributed by atoms with van der Waals surface area (Å²) in [4.78, 5) is 28.6. The number of para-hydroxylation sites is 2. The van der Waals surface area contributed by atoms with E-state index >= 15 is 0 Å². The monoisotopic (exact) mass is 382 g/mol. The zero-order valence-electron chi connectivity index (χ0n) is 16.8. The predicted molar refractivity (Wildman–Crippen MR) is 113 cm³/mol. The lowest BCUT2D eigenvalue weighted by Gasteiger charge is -2.42. The van der Waals surface area contributed by atoms with Crippen LogP contribution < -0.4 is 10.2 Å². The van der Waals surface area contributed by atoms with E-state index in [1.807, 2.05) is 24.3 Å². The minimum absolute atomic E-state index is 0.0646. The highest BCUT2D eigenvalue weighted by Gasteiger charge is 2.43. The SMILES string of the molecule is Cc1cc(C)c(C)c(SCC(=O)N2c3ccccc3NC(=O)C2(C)C)c1C. The topological polar surface area (TPSA) is 49.4 Å². The Morgan fingerprint density at radius 1 is 1.07 bits per heavy atom. The third-order valence-corrected chi connectivity index (χ3v) is 6.69. The zero-order valence-corrected chi connectivity index (χ0v) is 17.6. The number of fused-ring (bicyclic) bond motifs is 1. The van der Waals surface area contributed by atoms with E-state index in [9.17, 15) is 9.59 Å². The van der Waals surface area contributed by atoms with Crippen LogP contribution >= 0.6 is 11.8 Å². The molecule has 0 aromatic heterocycles. The van der Waals surface area contributed by atoms with Gasteiger partial charge in [0.05, 0.1) is 17.1 Å². The van der Waals surface area contributed by atoms with Crippen molar-refractivity contribution in [2.45, 2.75) is 52.0 Å². The molecule has 2 aromatic rings. The van der Waals surface area contributed by atoms with Crippen molar-refractivity contribution in [3.05, 3.63) is 52.6 Å². The summed E-state index contributed by atoms with van der Waals surface area (Å²) in [7, 11) is 0. The molecule has 0 bridgehead atoms. The van der Waals surface area contributed by atoms with Crippen molar-refractivity contribution >= 4 is 35.0 Å². The van der Waals surface area contributed by atoms with Gasteiger partial charge in [-0.3, -0.25) is 14.5 Å². The van der Waals surface area contributed by atoms with Crippen molar-refractivity contribution < 1.29 is 9.59 Å². The molecule has 2 amide bonds. The highest BCUT2D eigenvalue weighted by atomic mass is 32.2. The lowest BCUT2D eigenvalue weighted by Crippen LogP contribution is -2.58. The fraction of sp³-hybridized carbons (Fsp3) is 0.364. The number of carbonyl (C=O) groups excluding carboxylic acids is 2. The maximum absolute atomic E-state index is 13.2. The molecule has 0 saturated carbocycles. The van der Waals surface area contributed by atoms with E-state index in [2.05, 4.69) is 39.1 Å². The van der Waals surface area contributed by atoms with Gasteiger partial charge in [-0.05, 0) is 75.9 Å². The number of carbonyl (C=O) groups is 2. The molecule has 0 atom stereocenters. The molecule has 0 fully saturated rings. The maximum atomic E-state index is 13.2. The van der Waals surface area contributed by atoms with Gasteiger partial charge < -0.3 is 5.32 Å². The molecular weight excluding hydrogens is 356 g/mol. The molecule has 0 aliphatic carbocycles. The molecule has 1 aliphatic rings. The van der Waals surface area contributed by atoms with Gasteiger partial charge in [0, 0.05) is 4.90 Å². The average molecular weight is 383 g/mol. The lowest BCUT2D eigenvalue weighted by atomic mass is 9.96. The first kappa shape index (κ1) is 19.5. The Morgan fingerprint density at radius 3 is 2.30 bits per heavy atom. The van der Waals surface area contributed by atoms with Crippen molar-refractivity contribution in [3.8, 4) is 0 Å². The lowest BCUT2D eigenvalue weighted by molar-refractivity contribution is -0.125. The second-order valence-corrected chi connectivity index (χ2v) is 8.62. The van der Waals surface area contributed by atoms with Gasteiger partial charge in [-0.2, -0.15) is 0 Å². The van der Waals surface area contributed by atoms with E-state index in [1.165, 1.54) is 22.3 Å². The molecule has 5 heteroatoms. The van der Waals surface area contributed by atoms with Crippen molar-refractivity contribution in [3.63, 3.8) is 0 Å². The zero-order chi connectivity index (χ0) is 19.9. The van der Waals surface area contributed by atoms with Crippen molar-refractivity contribution in [1.29, 1.82) is 0 Å². The Balaban J connectivity index is 1.92. The molecule has 0 radical (unpaired) electrons. The Labute approximate surface area is 165 Å². The fourth-order valence-electron chi connectivity index (χ4n) is 3.49. The summed E-state index contributed by atoms with van der Waals surface area (Å²) < 4.78 is 0. The summed E-state index contributed by atoms with van der Waals surface area (Å²) >= 11 is 1.56. The number of hydrogen-bond donors (Lipinski definition) is 1. The standard InChI is InChI=1S/C22H26N2O2S/c1-13-11-14(2)16(4)20(15(13)3)27-12-19(25)24-18-10-8-7-9-17(18)23-21(26)22(24,5)6/h7-11H,12H2,1-6H3,(H,23,26). The average Bonchev–Trinajstić information content (AvgIpc) is 2.60. The third-order valence-electron chi connectivity index (χ3n) is 5.39. The predicted octanol–water partition coefficient (Wildman–Crippen LogP) is 4.78. The van der Waals surface area contributed by atoms with E-state index in [0.717, 1.165) is 10.6 Å². The number of hydrogen-bond acceptors (Lipinski definition) is 3. The minimum Gasteiger partial charge on any atom is -0.322 e. The second kappa shape index (κ2) is 7.04. The van der Waals surface area contributed by atoms with Gasteiger partial charge in [-0.15, -0.1) is 11.8 Å². The van der Waals surface area contributed by atoms with Gasteiger partial charge >= 0.3 is 0 Å². The largest absolute Gasteiger partial charge is 0.322 e. The van der Waals surface area contributed by atoms with Gasteiger partial charge in [-0.25, -0.2) is 0 Å². The molecular formula is C22H26N2O2S. The van der Waals surface area contributed by atoms with Gasteiger partial charge in [0.1, 0.15) is 5.54 Å². The Bertz CT molecular complexity index is 908. The highest BCUT2D eigenvalue weighted by Crippen LogP contribution is 2.38. The number of benzene rings is 2. The fourth-order valence-corrected chi connectivity index (χ4v) is 4.65. The molecule has 0 unspecified atom stereocenters. The number of nitrogens with zero attached hydrogens (tertiary/aromatic N) is 1. The first-order valence-corrected chi connectivity index (χ1v) is 10.1. The van der Waals surface area contributed by atoms with Crippen LogP contribution in [-0.2, 0) is 9.59 Å². The van der Waals surface area contributed by atoms with Crippen LogP contribution in [0.3, 0.4) is 0 Å². The third kappa shape index (κ3) is 3.36. The van der Waals surface area contributed by atoms with Gasteiger partial charge in [0.25, 0.3) is 0 Å². The molecule has 0 spiro atoms. The van der Waals surface area contributed by atoms with Crippen LogP contribution in [0.4, 0.5) is 11.4 Å². The second-order valence-electron chi connectivity index (χ2n) is 7.64. The molecule has 0 saturated heterocycles. The van der Waals surface area contributed by atoms with E-state index in [-0.39, 0.29) is 17.6 Å². The smallest absolute Gasteiger partial charge is 0.250 e. The van der Waals surface area contributed by atoms with Crippen LogP contribution in [0.5, 0.6) is 0 Å². The highest BCUT2D eigenvalue weighted by molar-refractivity contribution is 8.00. The van der Waals surface area contributed by atoms with E-state index < -0.39 is 5.54 Å². The molecule has 1 aliphatic heterocycles. The van der Waals surface area contributed by atoms with Crippen molar-refractivity contribution in [1.82, 2.24) is 0 Å². The summed E-state index contributed by atoms with van der Waals surface area (Å²) in [6, 6.07) is 9.64. The molecule has 142 valence electrons. The maximum Gasteiger partial charge on any atom is 0.250 e. The first-order chi connectivity index (χ1) is 12.6. The molecule has 3 rings (SSSR count). The molecule has 1 heterocycles. The van der Waals surface area contributed by atoms with Gasteiger partial charge in [0.2, 0.25) is 11.8 Å². The van der Waals surface area contributed by atoms with Crippen molar-refractivity contribution in [2.24, 2.45) is 0 Å². The summed E-state index contributed by atoms with van der Waals surface area (Å²) in [5, 5.41) is 2.90. The summed E-state index contributed by atoms with van der Waals surface area (Å²) in [6.07, 6.45) is 0. The Morgan fingerprint density at radius 2 is 1.67 bits per heavy atom. The van der Waals surface area contributed by atoms with Crippen LogP contribution in [0.25, 0.3) is 0 Å². The van der Waals surface area contributed by atoms with Crippen LogP contribution in [0.2, 0.25) is 0 Å². The number of aryl methyl sites for hydroxylation is 2. The number of thioether (sulfide) groups is 1. The van der Waals surface area contributed by atoms with Crippen LogP contribution in [0, 0.1) is 27.7 Å². The Hall–Kier alpha value is -2.27. The molecule has 1 N–H and O–H groups in total. The summed E-state index contributed by atoms with van der Waals surface area (Å²) in [5.41, 5.74) is 5.39.